The molecule has 0 aliphatic carbocycles. The Kier molecular flexibility index (Phi) is 8.40. The van der Waals surface area contributed by atoms with Crippen molar-refractivity contribution in [3.8, 4) is 0 Å². The van der Waals surface area contributed by atoms with Gasteiger partial charge in [0.2, 0.25) is 5.91 Å². The first kappa shape index (κ1) is 20.1. The molecule has 0 unspecified atom stereocenters. The van der Waals surface area contributed by atoms with Crippen LogP contribution in [0.5, 0.6) is 0 Å². The van der Waals surface area contributed by atoms with Gasteiger partial charge in [-0.1, -0.05) is 25.8 Å². The standard InChI is InChI=1S/C10H11NO2S.C8H14O2/c1-7(13)11-3-2-10-8(5-11)4-9(6-12)14-10;1-3-4-5-6-7(2)8(9)10/h4,6H,2-3,5H2,1H3;6H,3-5H2,1-2H3,(H,9,10). The first-order valence-electron chi connectivity index (χ1n) is 8.11. The molecule has 2 heterocycles. The number of rotatable bonds is 5. The van der Waals surface area contributed by atoms with Gasteiger partial charge in [0.05, 0.1) is 4.88 Å². The van der Waals surface area contributed by atoms with Crippen LogP contribution in [0.25, 0.3) is 0 Å². The van der Waals surface area contributed by atoms with Crippen molar-refractivity contribution >= 4 is 29.5 Å². The molecule has 0 spiro atoms. The summed E-state index contributed by atoms with van der Waals surface area (Å²) in [6.07, 6.45) is 6.60. The number of carboxylic acid groups (broad SMARTS) is 1. The van der Waals surface area contributed by atoms with Crippen LogP contribution in [0.4, 0.5) is 0 Å². The number of hydrogen-bond donors (Lipinski definition) is 1. The van der Waals surface area contributed by atoms with E-state index in [1.807, 2.05) is 11.0 Å². The minimum Gasteiger partial charge on any atom is -0.478 e. The topological polar surface area (TPSA) is 74.7 Å². The van der Waals surface area contributed by atoms with Gasteiger partial charge in [-0.3, -0.25) is 9.59 Å². The summed E-state index contributed by atoms with van der Waals surface area (Å²) >= 11 is 1.54. The van der Waals surface area contributed by atoms with Crippen molar-refractivity contribution in [3.63, 3.8) is 0 Å². The lowest BCUT2D eigenvalue weighted by Crippen LogP contribution is -2.33. The lowest BCUT2D eigenvalue weighted by atomic mass is 10.1. The van der Waals surface area contributed by atoms with Crippen molar-refractivity contribution < 1.29 is 19.5 Å². The van der Waals surface area contributed by atoms with Crippen molar-refractivity contribution in [2.75, 3.05) is 6.54 Å². The molecular formula is C18H25NO4S. The Morgan fingerprint density at radius 2 is 2.08 bits per heavy atom. The normalized spacial score (nSPS) is 13.6. The lowest BCUT2D eigenvalue weighted by molar-refractivity contribution is -0.132. The Bertz CT molecular complexity index is 619. The van der Waals surface area contributed by atoms with Crippen LogP contribution in [0, 0.1) is 0 Å². The molecule has 0 saturated carbocycles. The van der Waals surface area contributed by atoms with Crippen molar-refractivity contribution in [1.82, 2.24) is 4.90 Å². The SMILES string of the molecule is CC(=O)N1CCc2sc(C=O)cc2C1.CCCCC=C(C)C(=O)O. The van der Waals surface area contributed by atoms with Crippen LogP contribution in [0.3, 0.4) is 0 Å². The Labute approximate surface area is 147 Å². The van der Waals surface area contributed by atoms with Crippen LogP contribution in [0.1, 0.15) is 60.1 Å². The first-order valence-corrected chi connectivity index (χ1v) is 8.93. The van der Waals surface area contributed by atoms with Crippen molar-refractivity contribution in [2.24, 2.45) is 0 Å². The number of carbonyl (C=O) groups excluding carboxylic acids is 2. The molecule has 1 aliphatic heterocycles. The fourth-order valence-corrected chi connectivity index (χ4v) is 3.27. The van der Waals surface area contributed by atoms with E-state index >= 15 is 0 Å². The molecule has 1 aliphatic rings. The maximum absolute atomic E-state index is 11.1. The summed E-state index contributed by atoms with van der Waals surface area (Å²) in [5, 5.41) is 8.41. The molecule has 0 radical (unpaired) electrons. The molecule has 1 aromatic heterocycles. The smallest absolute Gasteiger partial charge is 0.330 e. The fourth-order valence-electron chi connectivity index (χ4n) is 2.29. The van der Waals surface area contributed by atoms with Crippen LogP contribution < -0.4 is 0 Å². The monoisotopic (exact) mass is 351 g/mol. The van der Waals surface area contributed by atoms with E-state index in [0.29, 0.717) is 12.1 Å². The van der Waals surface area contributed by atoms with Crippen LogP contribution in [-0.2, 0) is 22.6 Å². The van der Waals surface area contributed by atoms with Gasteiger partial charge in [-0.15, -0.1) is 11.3 Å². The lowest BCUT2D eigenvalue weighted by Gasteiger charge is -2.25. The van der Waals surface area contributed by atoms with Gasteiger partial charge in [0.25, 0.3) is 0 Å². The molecule has 5 nitrogen and oxygen atoms in total. The number of carboxylic acids is 1. The van der Waals surface area contributed by atoms with Crippen molar-refractivity contribution in [2.45, 2.75) is 53.0 Å². The fraction of sp³-hybridized carbons (Fsp3) is 0.500. The largest absolute Gasteiger partial charge is 0.478 e. The molecule has 1 amide bonds. The van der Waals surface area contributed by atoms with Gasteiger partial charge in [0.15, 0.2) is 6.29 Å². The first-order chi connectivity index (χ1) is 11.4. The number of aliphatic carboxylic acids is 1. The summed E-state index contributed by atoms with van der Waals surface area (Å²) in [5.74, 6) is -0.703. The van der Waals surface area contributed by atoms with Gasteiger partial charge >= 0.3 is 5.97 Å². The van der Waals surface area contributed by atoms with Gasteiger partial charge < -0.3 is 10.0 Å². The second-order valence-corrected chi connectivity index (χ2v) is 6.91. The molecular weight excluding hydrogens is 326 g/mol. The number of carbonyl (C=O) groups is 3. The second kappa shape index (κ2) is 10.0. The zero-order valence-corrected chi connectivity index (χ0v) is 15.3. The number of hydrogen-bond acceptors (Lipinski definition) is 4. The minimum absolute atomic E-state index is 0.106. The third kappa shape index (κ3) is 6.28. The summed E-state index contributed by atoms with van der Waals surface area (Å²) in [6, 6.07) is 1.89. The number of unbranched alkanes of at least 4 members (excludes halogenated alkanes) is 2. The number of allylic oxidation sites excluding steroid dienone is 1. The molecule has 132 valence electrons. The van der Waals surface area contributed by atoms with Crippen molar-refractivity contribution in [1.29, 1.82) is 0 Å². The van der Waals surface area contributed by atoms with Gasteiger partial charge in [0.1, 0.15) is 0 Å². The molecule has 0 bridgehead atoms. The van der Waals surface area contributed by atoms with Crippen LogP contribution >= 0.6 is 11.3 Å². The van der Waals surface area contributed by atoms with Crippen molar-refractivity contribution in [3.05, 3.63) is 33.0 Å². The van der Waals surface area contributed by atoms with E-state index in [9.17, 15) is 14.4 Å². The van der Waals surface area contributed by atoms with E-state index in [1.165, 1.54) is 4.88 Å². The molecule has 24 heavy (non-hydrogen) atoms. The van der Waals surface area contributed by atoms with Gasteiger partial charge in [0, 0.05) is 30.5 Å². The summed E-state index contributed by atoms with van der Waals surface area (Å²) in [7, 11) is 0. The van der Waals surface area contributed by atoms with Crippen LogP contribution in [0.2, 0.25) is 0 Å². The molecule has 0 saturated heterocycles. The molecule has 0 aromatic carbocycles. The highest BCUT2D eigenvalue weighted by molar-refractivity contribution is 7.13. The zero-order valence-electron chi connectivity index (χ0n) is 14.5. The number of thiophene rings is 1. The highest BCUT2D eigenvalue weighted by Gasteiger charge is 2.20. The van der Waals surface area contributed by atoms with Gasteiger partial charge in [-0.05, 0) is 31.4 Å². The third-order valence-electron chi connectivity index (χ3n) is 3.79. The summed E-state index contributed by atoms with van der Waals surface area (Å²) in [5.41, 5.74) is 1.59. The van der Waals surface area contributed by atoms with E-state index in [0.717, 1.165) is 49.0 Å². The Balaban J connectivity index is 0.000000257. The van der Waals surface area contributed by atoms with E-state index in [2.05, 4.69) is 6.92 Å². The number of amides is 1. The molecule has 2 rings (SSSR count). The zero-order chi connectivity index (χ0) is 18.1. The molecule has 0 fully saturated rings. The number of aldehydes is 1. The van der Waals surface area contributed by atoms with E-state index in [1.54, 1.807) is 31.3 Å². The molecule has 1 N–H and O–H groups in total. The average Bonchev–Trinajstić information content (AvgIpc) is 2.97. The highest BCUT2D eigenvalue weighted by atomic mass is 32.1. The molecule has 0 atom stereocenters. The average molecular weight is 351 g/mol. The van der Waals surface area contributed by atoms with Crippen LogP contribution in [0.15, 0.2) is 17.7 Å². The van der Waals surface area contributed by atoms with E-state index < -0.39 is 5.97 Å². The highest BCUT2D eigenvalue weighted by Crippen LogP contribution is 2.27. The molecule has 6 heteroatoms. The number of fused-ring (bicyclic) bond motifs is 1. The summed E-state index contributed by atoms with van der Waals surface area (Å²) in [4.78, 5) is 35.8. The second-order valence-electron chi connectivity index (χ2n) is 5.74. The Morgan fingerprint density at radius 1 is 1.38 bits per heavy atom. The van der Waals surface area contributed by atoms with E-state index in [-0.39, 0.29) is 5.91 Å². The quantitative estimate of drug-likeness (QED) is 0.499. The predicted molar refractivity (Wildman–Crippen MR) is 95.4 cm³/mol. The predicted octanol–water partition coefficient (Wildman–Crippen LogP) is 3.67. The summed E-state index contributed by atoms with van der Waals surface area (Å²) in [6.45, 7) is 6.73. The van der Waals surface area contributed by atoms with Gasteiger partial charge in [-0.25, -0.2) is 4.79 Å². The summed E-state index contributed by atoms with van der Waals surface area (Å²) < 4.78 is 0. The third-order valence-corrected chi connectivity index (χ3v) is 4.96. The maximum Gasteiger partial charge on any atom is 0.330 e. The Hall–Kier alpha value is -1.95. The molecule has 1 aromatic rings. The van der Waals surface area contributed by atoms with Crippen LogP contribution in [-0.4, -0.2) is 34.7 Å². The Morgan fingerprint density at radius 3 is 2.62 bits per heavy atom. The minimum atomic E-state index is -0.809. The van der Waals surface area contributed by atoms with E-state index in [4.69, 9.17) is 5.11 Å². The van der Waals surface area contributed by atoms with Gasteiger partial charge in [-0.2, -0.15) is 0 Å². The maximum atomic E-state index is 11.1. The number of nitrogens with zero attached hydrogens (tertiary/aromatic N) is 1.